The van der Waals surface area contributed by atoms with E-state index < -0.39 is 0 Å². The molecule has 1 aliphatic rings. The van der Waals surface area contributed by atoms with Gasteiger partial charge in [-0.05, 0) is 30.7 Å². The van der Waals surface area contributed by atoms with Crippen LogP contribution in [0, 0.1) is 0 Å². The predicted molar refractivity (Wildman–Crippen MR) is 101 cm³/mol. The first-order valence-corrected chi connectivity index (χ1v) is 7.63. The minimum absolute atomic E-state index is 0. The maximum absolute atomic E-state index is 6.36. The van der Waals surface area contributed by atoms with Crippen molar-refractivity contribution in [3.05, 3.63) is 58.1 Å². The van der Waals surface area contributed by atoms with E-state index in [1.807, 2.05) is 43.3 Å². The maximum atomic E-state index is 6.36. The zero-order valence-corrected chi connectivity index (χ0v) is 15.2. The molecule has 0 fully saturated rings. The van der Waals surface area contributed by atoms with E-state index in [9.17, 15) is 0 Å². The first-order chi connectivity index (χ1) is 11.1. The van der Waals surface area contributed by atoms with E-state index in [0.29, 0.717) is 22.9 Å². The summed E-state index contributed by atoms with van der Waals surface area (Å²) in [6, 6.07) is 11.5. The van der Waals surface area contributed by atoms with Gasteiger partial charge in [-0.1, -0.05) is 29.8 Å². The number of rotatable bonds is 3. The molecule has 0 aromatic heterocycles. The molecule has 0 aliphatic carbocycles. The number of benzene rings is 2. The third kappa shape index (κ3) is 3.40. The summed E-state index contributed by atoms with van der Waals surface area (Å²) in [6.45, 7) is 1.96. The van der Waals surface area contributed by atoms with E-state index in [-0.39, 0.29) is 12.4 Å². The zero-order valence-electron chi connectivity index (χ0n) is 13.7. The van der Waals surface area contributed by atoms with Gasteiger partial charge in [0.05, 0.1) is 19.2 Å². The molecule has 1 heterocycles. The highest BCUT2D eigenvalue weighted by atomic mass is 35.5. The van der Waals surface area contributed by atoms with Crippen LogP contribution in [0.2, 0.25) is 5.02 Å². The Labute approximate surface area is 152 Å². The number of ether oxygens (including phenoxy) is 2. The van der Waals surface area contributed by atoms with Crippen molar-refractivity contribution < 1.29 is 9.47 Å². The van der Waals surface area contributed by atoms with Crippen molar-refractivity contribution in [2.45, 2.75) is 13.3 Å². The summed E-state index contributed by atoms with van der Waals surface area (Å²) in [5, 5.41) is 9.38. The van der Waals surface area contributed by atoms with Crippen LogP contribution >= 0.6 is 24.0 Å². The number of nitrogens with zero attached hydrogens (tertiary/aromatic N) is 2. The SMILES string of the molecule is COc1cc2c(cc1OC)C(c1ccccc1Cl)=NN=C(C)C2.Cl. The molecule has 4 nitrogen and oxygen atoms in total. The number of fused-ring (bicyclic) bond motifs is 1. The first-order valence-electron chi connectivity index (χ1n) is 7.25. The van der Waals surface area contributed by atoms with E-state index in [4.69, 9.17) is 21.1 Å². The summed E-state index contributed by atoms with van der Waals surface area (Å²) in [4.78, 5) is 0. The summed E-state index contributed by atoms with van der Waals surface area (Å²) in [6.07, 6.45) is 0.702. The van der Waals surface area contributed by atoms with Gasteiger partial charge in [0, 0.05) is 23.3 Å². The Bertz CT molecular complexity index is 817. The van der Waals surface area contributed by atoms with E-state index >= 15 is 0 Å². The molecule has 2 aromatic carbocycles. The van der Waals surface area contributed by atoms with E-state index in [1.54, 1.807) is 14.2 Å². The number of hydrogen-bond acceptors (Lipinski definition) is 4. The van der Waals surface area contributed by atoms with Gasteiger partial charge < -0.3 is 9.47 Å². The second-order valence-corrected chi connectivity index (χ2v) is 5.71. The Balaban J connectivity index is 0.00000208. The van der Waals surface area contributed by atoms with Crippen molar-refractivity contribution >= 4 is 35.4 Å². The lowest BCUT2D eigenvalue weighted by atomic mass is 9.94. The van der Waals surface area contributed by atoms with Crippen LogP contribution in [0.1, 0.15) is 23.6 Å². The Hall–Kier alpha value is -2.04. The van der Waals surface area contributed by atoms with Gasteiger partial charge in [0.25, 0.3) is 0 Å². The minimum Gasteiger partial charge on any atom is -0.493 e. The summed E-state index contributed by atoms with van der Waals surface area (Å²) >= 11 is 6.36. The van der Waals surface area contributed by atoms with Crippen LogP contribution in [0.5, 0.6) is 11.5 Å². The zero-order chi connectivity index (χ0) is 16.4. The number of halogens is 2. The molecule has 24 heavy (non-hydrogen) atoms. The number of hydrogen-bond donors (Lipinski definition) is 0. The molecule has 0 unspecified atom stereocenters. The molecule has 0 radical (unpaired) electrons. The molecule has 2 aromatic rings. The summed E-state index contributed by atoms with van der Waals surface area (Å²) in [5.74, 6) is 1.35. The molecule has 3 rings (SSSR count). The Morgan fingerprint density at radius 3 is 2.29 bits per heavy atom. The van der Waals surface area contributed by atoms with Crippen molar-refractivity contribution in [2.75, 3.05) is 14.2 Å². The quantitative estimate of drug-likeness (QED) is 0.801. The average Bonchev–Trinajstić information content (AvgIpc) is 2.72. The topological polar surface area (TPSA) is 43.2 Å². The molecule has 0 saturated carbocycles. The van der Waals surface area contributed by atoms with Crippen LogP contribution in [0.15, 0.2) is 46.6 Å². The second kappa shape index (κ2) is 7.69. The molecule has 0 bridgehead atoms. The molecule has 0 amide bonds. The highest BCUT2D eigenvalue weighted by molar-refractivity contribution is 6.35. The van der Waals surface area contributed by atoms with Crippen LogP contribution in [-0.2, 0) is 6.42 Å². The van der Waals surface area contributed by atoms with Gasteiger partial charge in [-0.25, -0.2) is 0 Å². The summed E-state index contributed by atoms with van der Waals surface area (Å²) in [5.41, 5.74) is 4.56. The van der Waals surface area contributed by atoms with Gasteiger partial charge in [0.15, 0.2) is 11.5 Å². The Morgan fingerprint density at radius 2 is 1.62 bits per heavy atom. The highest BCUT2D eigenvalue weighted by Gasteiger charge is 2.21. The summed E-state index contributed by atoms with van der Waals surface area (Å²) in [7, 11) is 3.25. The fourth-order valence-corrected chi connectivity index (χ4v) is 2.87. The maximum Gasteiger partial charge on any atom is 0.161 e. The average molecular weight is 365 g/mol. The molecular weight excluding hydrogens is 347 g/mol. The van der Waals surface area contributed by atoms with E-state index in [0.717, 1.165) is 28.1 Å². The second-order valence-electron chi connectivity index (χ2n) is 5.30. The summed E-state index contributed by atoms with van der Waals surface area (Å²) < 4.78 is 10.8. The van der Waals surface area contributed by atoms with Gasteiger partial charge in [0.2, 0.25) is 0 Å². The van der Waals surface area contributed by atoms with Crippen molar-refractivity contribution in [1.82, 2.24) is 0 Å². The van der Waals surface area contributed by atoms with Crippen molar-refractivity contribution in [3.8, 4) is 11.5 Å². The normalized spacial score (nSPS) is 13.0. The molecule has 0 N–H and O–H groups in total. The molecule has 1 aliphatic heterocycles. The van der Waals surface area contributed by atoms with Gasteiger partial charge in [0.1, 0.15) is 5.71 Å². The predicted octanol–water partition coefficient (Wildman–Crippen LogP) is 4.55. The van der Waals surface area contributed by atoms with E-state index in [1.165, 1.54) is 0 Å². The molecule has 0 spiro atoms. The van der Waals surface area contributed by atoms with E-state index in [2.05, 4.69) is 10.2 Å². The van der Waals surface area contributed by atoms with Gasteiger partial charge in [-0.2, -0.15) is 5.10 Å². The lowest BCUT2D eigenvalue weighted by molar-refractivity contribution is 0.354. The Kier molecular flexibility index (Phi) is 5.86. The smallest absolute Gasteiger partial charge is 0.161 e. The van der Waals surface area contributed by atoms with Crippen molar-refractivity contribution in [3.63, 3.8) is 0 Å². The van der Waals surface area contributed by atoms with Crippen LogP contribution in [-0.4, -0.2) is 25.6 Å². The largest absolute Gasteiger partial charge is 0.493 e. The van der Waals surface area contributed by atoms with Gasteiger partial charge >= 0.3 is 0 Å². The molecule has 6 heteroatoms. The lowest BCUT2D eigenvalue weighted by Crippen LogP contribution is -2.08. The van der Waals surface area contributed by atoms with Crippen LogP contribution < -0.4 is 9.47 Å². The number of methoxy groups -OCH3 is 2. The van der Waals surface area contributed by atoms with Crippen LogP contribution in [0.3, 0.4) is 0 Å². The first kappa shape index (κ1) is 18.3. The minimum atomic E-state index is 0. The fraction of sp³-hybridized carbons (Fsp3) is 0.222. The van der Waals surface area contributed by atoms with Gasteiger partial charge in [-0.3, -0.25) is 0 Å². The highest BCUT2D eigenvalue weighted by Crippen LogP contribution is 2.34. The Morgan fingerprint density at radius 1 is 0.958 bits per heavy atom. The van der Waals surface area contributed by atoms with Gasteiger partial charge in [-0.15, -0.1) is 17.5 Å². The molecular formula is C18H18Cl2N2O2. The standard InChI is InChI=1S/C18H17ClN2O2.ClH/c1-11-8-12-9-16(22-2)17(23-3)10-14(12)18(21-20-11)13-6-4-5-7-15(13)19;/h4-7,9-10H,8H2,1-3H3;1H. The molecule has 0 saturated heterocycles. The van der Waals surface area contributed by atoms with Crippen LogP contribution in [0.4, 0.5) is 0 Å². The molecule has 126 valence electrons. The van der Waals surface area contributed by atoms with Crippen molar-refractivity contribution in [2.24, 2.45) is 10.2 Å². The lowest BCUT2D eigenvalue weighted by Gasteiger charge is -2.15. The van der Waals surface area contributed by atoms with Crippen LogP contribution in [0.25, 0.3) is 0 Å². The molecule has 0 atom stereocenters. The third-order valence-corrected chi connectivity index (χ3v) is 4.09. The van der Waals surface area contributed by atoms with Crippen molar-refractivity contribution in [1.29, 1.82) is 0 Å². The fourth-order valence-electron chi connectivity index (χ4n) is 2.64. The monoisotopic (exact) mass is 364 g/mol. The third-order valence-electron chi connectivity index (χ3n) is 3.76.